The first-order valence-electron chi connectivity index (χ1n) is 24.9. The van der Waals surface area contributed by atoms with Gasteiger partial charge in [0, 0.05) is 43.0 Å². The van der Waals surface area contributed by atoms with Gasteiger partial charge in [-0.3, -0.25) is 0 Å². The molecule has 4 aliphatic rings. The minimum absolute atomic E-state index is 0.593. The summed E-state index contributed by atoms with van der Waals surface area (Å²) in [5, 5.41) is 0. The SMILES string of the molecule is C1=CC(=C2C(c3ccccc3)=C(c3ccccc3)C(c3ccccc3)=C2c2ccccc2)C=C1.CCN(CC)c1ccc(/C(=C2/CCC3C(C2)c2ccccc2N3CC)c2ccc(C)cc2)cc1. The van der Waals surface area contributed by atoms with Crippen LogP contribution < -0.4 is 9.80 Å². The zero-order valence-corrected chi connectivity index (χ0v) is 40.1. The Morgan fingerprint density at radius 3 is 1.41 bits per heavy atom. The number of likely N-dealkylation sites (N-methyl/N-ethyl adjacent to an activating group) is 1. The van der Waals surface area contributed by atoms with Gasteiger partial charge in [-0.25, -0.2) is 0 Å². The molecule has 68 heavy (non-hydrogen) atoms. The van der Waals surface area contributed by atoms with Crippen LogP contribution in [-0.2, 0) is 0 Å². The highest BCUT2D eigenvalue weighted by molar-refractivity contribution is 6.35. The van der Waals surface area contributed by atoms with Crippen LogP contribution in [-0.4, -0.2) is 25.7 Å². The maximum atomic E-state index is 2.65. The highest BCUT2D eigenvalue weighted by Crippen LogP contribution is 2.56. The molecule has 3 aliphatic carbocycles. The summed E-state index contributed by atoms with van der Waals surface area (Å²) in [6.07, 6.45) is 12.3. The van der Waals surface area contributed by atoms with Crippen molar-refractivity contribution in [3.05, 3.63) is 280 Å². The van der Waals surface area contributed by atoms with Gasteiger partial charge >= 0.3 is 0 Å². The van der Waals surface area contributed by atoms with Crippen molar-refractivity contribution in [1.82, 2.24) is 0 Å². The lowest BCUT2D eigenvalue weighted by atomic mass is 9.76. The molecule has 7 aromatic rings. The van der Waals surface area contributed by atoms with Gasteiger partial charge in [0.2, 0.25) is 0 Å². The van der Waals surface area contributed by atoms with Crippen LogP contribution in [0, 0.1) is 6.92 Å². The van der Waals surface area contributed by atoms with E-state index in [1.165, 1.54) is 102 Å². The Bertz CT molecular complexity index is 2940. The Balaban J connectivity index is 0.000000159. The first kappa shape index (κ1) is 44.4. The Hall–Kier alpha value is -7.42. The van der Waals surface area contributed by atoms with E-state index in [1.54, 1.807) is 11.1 Å². The quantitative estimate of drug-likeness (QED) is 0.135. The number of aryl methyl sites for hydroxylation is 1. The fourth-order valence-corrected chi connectivity index (χ4v) is 11.3. The van der Waals surface area contributed by atoms with Gasteiger partial charge in [0.1, 0.15) is 0 Å². The van der Waals surface area contributed by atoms with E-state index in [0.29, 0.717) is 12.0 Å². The maximum absolute atomic E-state index is 2.65. The molecule has 1 heterocycles. The van der Waals surface area contributed by atoms with Crippen molar-refractivity contribution >= 4 is 39.2 Å². The summed E-state index contributed by atoms with van der Waals surface area (Å²) in [6, 6.07) is 71.6. The second-order valence-corrected chi connectivity index (χ2v) is 18.3. The van der Waals surface area contributed by atoms with E-state index in [0.717, 1.165) is 26.1 Å². The van der Waals surface area contributed by atoms with Crippen LogP contribution in [0.15, 0.2) is 235 Å². The molecule has 2 nitrogen and oxygen atoms in total. The van der Waals surface area contributed by atoms with E-state index in [-0.39, 0.29) is 0 Å². The number of rotatable bonds is 10. The molecule has 0 saturated heterocycles. The van der Waals surface area contributed by atoms with Gasteiger partial charge in [0.05, 0.1) is 0 Å². The first-order chi connectivity index (χ1) is 33.6. The standard InChI is InChI=1S/C34H24.C32H38N2/c1-5-15-25(16-6-1)30-31(26-17-7-2-8-18-26)33(28-21-11-4-12-22-28)34(29-23-13-14-24-29)32(30)27-19-9-3-10-20-27;1-5-33(6-2)27-19-16-25(17-20-27)32(24-14-12-23(4)13-15-24)26-18-21-31-29(22-26)28-10-8-9-11-30(28)34(31)7-3/h1-24H;8-17,19-20,29,31H,5-7,18,21-22H2,1-4H3/b;32-26-. The van der Waals surface area contributed by atoms with Gasteiger partial charge in [0.15, 0.2) is 0 Å². The molecule has 1 aliphatic heterocycles. The highest BCUT2D eigenvalue weighted by atomic mass is 15.2. The van der Waals surface area contributed by atoms with Crippen LogP contribution in [0.2, 0.25) is 0 Å². The largest absolute Gasteiger partial charge is 0.372 e. The van der Waals surface area contributed by atoms with Gasteiger partial charge in [-0.1, -0.05) is 211 Å². The van der Waals surface area contributed by atoms with E-state index in [1.807, 2.05) is 0 Å². The zero-order valence-electron chi connectivity index (χ0n) is 40.1. The van der Waals surface area contributed by atoms with Gasteiger partial charge in [-0.2, -0.15) is 0 Å². The fraction of sp³-hybridized carbons (Fsp3) is 0.182. The van der Waals surface area contributed by atoms with Crippen LogP contribution in [0.5, 0.6) is 0 Å². The lowest BCUT2D eigenvalue weighted by molar-refractivity contribution is 0.448. The van der Waals surface area contributed by atoms with Gasteiger partial charge < -0.3 is 9.80 Å². The monoisotopic (exact) mass is 882 g/mol. The lowest BCUT2D eigenvalue weighted by Gasteiger charge is -2.35. The number of allylic oxidation sites excluding steroid dienone is 11. The third-order valence-corrected chi connectivity index (χ3v) is 14.5. The van der Waals surface area contributed by atoms with Gasteiger partial charge in [0.25, 0.3) is 0 Å². The summed E-state index contributed by atoms with van der Waals surface area (Å²) >= 11 is 0. The summed E-state index contributed by atoms with van der Waals surface area (Å²) in [5.74, 6) is 0.593. The Morgan fingerprint density at radius 1 is 0.500 bits per heavy atom. The first-order valence-corrected chi connectivity index (χ1v) is 24.9. The molecule has 1 saturated carbocycles. The normalized spacial score (nSPS) is 17.9. The average Bonchev–Trinajstić information content (AvgIpc) is 4.15. The Labute approximate surface area is 405 Å². The molecule has 0 N–H and O–H groups in total. The predicted octanol–water partition coefficient (Wildman–Crippen LogP) is 16.5. The molecule has 0 bridgehead atoms. The summed E-state index contributed by atoms with van der Waals surface area (Å²) in [4.78, 5) is 5.07. The summed E-state index contributed by atoms with van der Waals surface area (Å²) < 4.78 is 0. The molecule has 7 aromatic carbocycles. The van der Waals surface area contributed by atoms with Crippen molar-refractivity contribution in [3.8, 4) is 0 Å². The van der Waals surface area contributed by atoms with Crippen molar-refractivity contribution in [1.29, 1.82) is 0 Å². The summed E-state index contributed by atoms with van der Waals surface area (Å²) in [5.41, 5.74) is 24.0. The molecule has 2 unspecified atom stereocenters. The third-order valence-electron chi connectivity index (χ3n) is 14.5. The van der Waals surface area contributed by atoms with E-state index < -0.39 is 0 Å². The Kier molecular flexibility index (Phi) is 13.2. The minimum atomic E-state index is 0.593. The maximum Gasteiger partial charge on any atom is 0.0405 e. The predicted molar refractivity (Wildman–Crippen MR) is 292 cm³/mol. The molecule has 336 valence electrons. The highest BCUT2D eigenvalue weighted by Gasteiger charge is 2.41. The van der Waals surface area contributed by atoms with Crippen molar-refractivity contribution in [2.75, 3.05) is 29.4 Å². The number of hydrogen-bond donors (Lipinski definition) is 0. The van der Waals surface area contributed by atoms with Crippen LogP contribution in [0.1, 0.15) is 90.5 Å². The molecular weight excluding hydrogens is 821 g/mol. The Morgan fingerprint density at radius 2 is 0.941 bits per heavy atom. The van der Waals surface area contributed by atoms with E-state index >= 15 is 0 Å². The number of para-hydroxylation sites is 1. The zero-order chi connectivity index (χ0) is 46.4. The molecule has 0 amide bonds. The van der Waals surface area contributed by atoms with Crippen molar-refractivity contribution in [2.24, 2.45) is 0 Å². The number of anilines is 2. The van der Waals surface area contributed by atoms with Crippen molar-refractivity contribution in [2.45, 2.75) is 58.9 Å². The third kappa shape index (κ3) is 8.68. The molecule has 11 rings (SSSR count). The molecule has 1 fully saturated rings. The van der Waals surface area contributed by atoms with Crippen LogP contribution >= 0.6 is 0 Å². The molecule has 0 spiro atoms. The number of fused-ring (bicyclic) bond motifs is 3. The minimum Gasteiger partial charge on any atom is -0.372 e. The van der Waals surface area contributed by atoms with Crippen LogP contribution in [0.3, 0.4) is 0 Å². The molecular formula is C66H62N2. The molecule has 2 heteroatoms. The van der Waals surface area contributed by atoms with E-state index in [2.05, 4.69) is 256 Å². The van der Waals surface area contributed by atoms with E-state index in [9.17, 15) is 0 Å². The van der Waals surface area contributed by atoms with Gasteiger partial charge in [-0.05, 0) is 143 Å². The molecule has 0 aromatic heterocycles. The number of nitrogens with zero attached hydrogens (tertiary/aromatic N) is 2. The van der Waals surface area contributed by atoms with Crippen LogP contribution in [0.4, 0.5) is 11.4 Å². The second kappa shape index (κ2) is 20.2. The summed E-state index contributed by atoms with van der Waals surface area (Å²) in [7, 11) is 0. The topological polar surface area (TPSA) is 6.48 Å². The lowest BCUT2D eigenvalue weighted by Crippen LogP contribution is -2.36. The average molecular weight is 883 g/mol. The fourth-order valence-electron chi connectivity index (χ4n) is 11.3. The number of hydrogen-bond acceptors (Lipinski definition) is 2. The second-order valence-electron chi connectivity index (χ2n) is 18.3. The van der Waals surface area contributed by atoms with Crippen molar-refractivity contribution in [3.63, 3.8) is 0 Å². The van der Waals surface area contributed by atoms with E-state index in [4.69, 9.17) is 0 Å². The smallest absolute Gasteiger partial charge is 0.0405 e. The van der Waals surface area contributed by atoms with Crippen LogP contribution in [0.25, 0.3) is 27.9 Å². The number of benzene rings is 7. The van der Waals surface area contributed by atoms with Crippen molar-refractivity contribution < 1.29 is 0 Å². The molecule has 2 atom stereocenters. The summed E-state index contributed by atoms with van der Waals surface area (Å²) in [6.45, 7) is 12.1. The van der Waals surface area contributed by atoms with Gasteiger partial charge in [-0.15, -0.1) is 0 Å². The molecule has 0 radical (unpaired) electrons.